The number of aromatic nitrogens is 1. The van der Waals surface area contributed by atoms with Crippen molar-refractivity contribution in [2.45, 2.75) is 18.8 Å². The molecule has 0 N–H and O–H groups in total. The average Bonchev–Trinajstić information content (AvgIpc) is 2.46. The van der Waals surface area contributed by atoms with E-state index >= 15 is 0 Å². The van der Waals surface area contributed by atoms with Gasteiger partial charge in [0.2, 0.25) is 0 Å². The highest BCUT2D eigenvalue weighted by Gasteiger charge is 2.19. The number of fused-ring (bicyclic) bond motifs is 1. The van der Waals surface area contributed by atoms with Crippen molar-refractivity contribution >= 4 is 33.3 Å². The van der Waals surface area contributed by atoms with E-state index in [9.17, 15) is 0 Å². The van der Waals surface area contributed by atoms with Gasteiger partial charge in [0.25, 0.3) is 0 Å². The smallest absolute Gasteiger partial charge is 0.133 e. The molecule has 0 spiro atoms. The van der Waals surface area contributed by atoms with Crippen molar-refractivity contribution in [1.82, 2.24) is 4.98 Å². The number of hydrogen-bond acceptors (Lipinski definition) is 2. The Labute approximate surface area is 126 Å². The summed E-state index contributed by atoms with van der Waals surface area (Å²) in [5.41, 5.74) is 3.91. The molecule has 0 saturated carbocycles. The van der Waals surface area contributed by atoms with Crippen molar-refractivity contribution in [2.75, 3.05) is 11.4 Å². The highest BCUT2D eigenvalue weighted by molar-refractivity contribution is 9.10. The minimum atomic E-state index is 0.486. The van der Waals surface area contributed by atoms with Crippen LogP contribution >= 0.6 is 27.5 Å². The number of nitrogens with zero attached hydrogens (tertiary/aromatic N) is 2. The molecule has 3 rings (SSSR count). The Morgan fingerprint density at radius 1 is 1.26 bits per heavy atom. The molecule has 4 heteroatoms. The summed E-state index contributed by atoms with van der Waals surface area (Å²) in [7, 11) is 0. The summed E-state index contributed by atoms with van der Waals surface area (Å²) in [6.07, 6.45) is 2.90. The third-order valence-corrected chi connectivity index (χ3v) is 4.21. The van der Waals surface area contributed by atoms with E-state index in [-0.39, 0.29) is 0 Å². The predicted octanol–water partition coefficient (Wildman–Crippen LogP) is 4.15. The second-order valence-corrected chi connectivity index (χ2v) is 5.89. The van der Waals surface area contributed by atoms with Crippen molar-refractivity contribution in [2.24, 2.45) is 0 Å². The molecule has 0 saturated heterocycles. The maximum atomic E-state index is 6.04. The van der Waals surface area contributed by atoms with Gasteiger partial charge in [-0.3, -0.25) is 0 Å². The monoisotopic (exact) mass is 336 g/mol. The van der Waals surface area contributed by atoms with Crippen molar-refractivity contribution in [3.8, 4) is 0 Å². The largest absolute Gasteiger partial charge is 0.352 e. The summed E-state index contributed by atoms with van der Waals surface area (Å²) >= 11 is 9.48. The number of halogens is 2. The van der Waals surface area contributed by atoms with Crippen LogP contribution in [0.2, 0.25) is 0 Å². The van der Waals surface area contributed by atoms with Crippen LogP contribution < -0.4 is 4.90 Å². The lowest BCUT2D eigenvalue weighted by molar-refractivity contribution is 0.717. The Bertz CT molecular complexity index is 600. The minimum Gasteiger partial charge on any atom is -0.352 e. The van der Waals surface area contributed by atoms with Crippen LogP contribution in [0.1, 0.15) is 16.7 Å². The maximum absolute atomic E-state index is 6.04. The lowest BCUT2D eigenvalue weighted by atomic mass is 10.00. The van der Waals surface area contributed by atoms with Crippen LogP contribution in [0.15, 0.2) is 41.0 Å². The van der Waals surface area contributed by atoms with Crippen LogP contribution in [0.25, 0.3) is 0 Å². The first-order chi connectivity index (χ1) is 9.28. The van der Waals surface area contributed by atoms with Gasteiger partial charge in [-0.15, -0.1) is 11.6 Å². The lowest BCUT2D eigenvalue weighted by Gasteiger charge is -2.31. The highest BCUT2D eigenvalue weighted by Crippen LogP contribution is 2.28. The molecule has 19 heavy (non-hydrogen) atoms. The van der Waals surface area contributed by atoms with Crippen LogP contribution in [0.3, 0.4) is 0 Å². The zero-order chi connectivity index (χ0) is 13.2. The Morgan fingerprint density at radius 2 is 2.05 bits per heavy atom. The quantitative estimate of drug-likeness (QED) is 0.766. The van der Waals surface area contributed by atoms with Gasteiger partial charge in [0, 0.05) is 29.3 Å². The SMILES string of the molecule is ClCc1cc(Br)cnc1N1CCc2ccccc2C1. The van der Waals surface area contributed by atoms with Crippen molar-refractivity contribution in [3.05, 3.63) is 57.7 Å². The highest BCUT2D eigenvalue weighted by atomic mass is 79.9. The van der Waals surface area contributed by atoms with E-state index in [1.807, 2.05) is 6.20 Å². The van der Waals surface area contributed by atoms with Gasteiger partial charge >= 0.3 is 0 Å². The Morgan fingerprint density at radius 3 is 2.84 bits per heavy atom. The lowest BCUT2D eigenvalue weighted by Crippen LogP contribution is -2.31. The number of benzene rings is 1. The van der Waals surface area contributed by atoms with Gasteiger partial charge in [-0.2, -0.15) is 0 Å². The molecular formula is C15H14BrClN2. The summed E-state index contributed by atoms with van der Waals surface area (Å²) in [6.45, 7) is 1.91. The molecule has 1 aliphatic heterocycles. The first-order valence-corrected chi connectivity index (χ1v) is 7.63. The molecule has 0 atom stereocenters. The molecule has 98 valence electrons. The number of alkyl halides is 1. The van der Waals surface area contributed by atoms with Crippen molar-refractivity contribution < 1.29 is 0 Å². The molecule has 1 aliphatic rings. The van der Waals surface area contributed by atoms with Crippen LogP contribution in [0, 0.1) is 0 Å². The summed E-state index contributed by atoms with van der Waals surface area (Å²) in [6, 6.07) is 10.7. The average molecular weight is 338 g/mol. The summed E-state index contributed by atoms with van der Waals surface area (Å²) in [5, 5.41) is 0. The van der Waals surface area contributed by atoms with Crippen LogP contribution in [0.5, 0.6) is 0 Å². The van der Waals surface area contributed by atoms with E-state index in [1.165, 1.54) is 11.1 Å². The van der Waals surface area contributed by atoms with Crippen LogP contribution in [0.4, 0.5) is 5.82 Å². The second kappa shape index (κ2) is 5.51. The van der Waals surface area contributed by atoms with Gasteiger partial charge < -0.3 is 4.90 Å². The van der Waals surface area contributed by atoms with E-state index in [1.54, 1.807) is 0 Å². The minimum absolute atomic E-state index is 0.486. The third-order valence-electron chi connectivity index (χ3n) is 3.48. The standard InChI is InChI=1S/C15H14BrClN2/c16-14-7-13(8-17)15(18-9-14)19-6-5-11-3-1-2-4-12(11)10-19/h1-4,7,9H,5-6,8,10H2. The van der Waals surface area contributed by atoms with Gasteiger partial charge in [-0.25, -0.2) is 4.98 Å². The molecule has 1 aromatic carbocycles. The van der Waals surface area contributed by atoms with Crippen LogP contribution in [-0.4, -0.2) is 11.5 Å². The molecule has 0 fully saturated rings. The van der Waals surface area contributed by atoms with Gasteiger partial charge in [0.05, 0.1) is 5.88 Å². The predicted molar refractivity (Wildman–Crippen MR) is 82.7 cm³/mol. The Kier molecular flexibility index (Phi) is 3.76. The van der Waals surface area contributed by atoms with E-state index < -0.39 is 0 Å². The fourth-order valence-corrected chi connectivity index (χ4v) is 3.11. The van der Waals surface area contributed by atoms with E-state index in [0.717, 1.165) is 35.4 Å². The van der Waals surface area contributed by atoms with E-state index in [4.69, 9.17) is 11.6 Å². The fourth-order valence-electron chi connectivity index (χ4n) is 2.53. The number of pyridine rings is 1. The third kappa shape index (κ3) is 2.63. The Hall–Kier alpha value is -1.06. The molecule has 2 nitrogen and oxygen atoms in total. The topological polar surface area (TPSA) is 16.1 Å². The molecule has 2 heterocycles. The maximum Gasteiger partial charge on any atom is 0.133 e. The molecule has 2 aromatic rings. The molecule has 0 amide bonds. The van der Waals surface area contributed by atoms with Gasteiger partial charge in [0.15, 0.2) is 0 Å². The first kappa shape index (κ1) is 12.9. The summed E-state index contributed by atoms with van der Waals surface area (Å²) < 4.78 is 0.976. The van der Waals surface area contributed by atoms with E-state index in [2.05, 4.69) is 56.1 Å². The van der Waals surface area contributed by atoms with Crippen molar-refractivity contribution in [3.63, 3.8) is 0 Å². The van der Waals surface area contributed by atoms with Crippen molar-refractivity contribution in [1.29, 1.82) is 0 Å². The number of anilines is 1. The first-order valence-electron chi connectivity index (χ1n) is 6.30. The molecular weight excluding hydrogens is 324 g/mol. The zero-order valence-corrected chi connectivity index (χ0v) is 12.8. The van der Waals surface area contributed by atoms with Crippen LogP contribution in [-0.2, 0) is 18.8 Å². The molecule has 0 bridgehead atoms. The fraction of sp³-hybridized carbons (Fsp3) is 0.267. The van der Waals surface area contributed by atoms with Gasteiger partial charge in [-0.05, 0) is 39.5 Å². The number of hydrogen-bond donors (Lipinski definition) is 0. The van der Waals surface area contributed by atoms with Gasteiger partial charge in [-0.1, -0.05) is 24.3 Å². The second-order valence-electron chi connectivity index (χ2n) is 4.71. The zero-order valence-electron chi connectivity index (χ0n) is 10.4. The molecule has 0 unspecified atom stereocenters. The summed E-state index contributed by atoms with van der Waals surface area (Å²) in [4.78, 5) is 6.85. The van der Waals surface area contributed by atoms with Gasteiger partial charge in [0.1, 0.15) is 5.82 Å². The summed E-state index contributed by atoms with van der Waals surface area (Å²) in [5.74, 6) is 1.49. The molecule has 0 aliphatic carbocycles. The normalized spacial score (nSPS) is 14.3. The molecule has 0 radical (unpaired) electrons. The number of rotatable bonds is 2. The van der Waals surface area contributed by atoms with E-state index in [0.29, 0.717) is 5.88 Å². The Balaban J connectivity index is 1.93. The molecule has 1 aromatic heterocycles.